The van der Waals surface area contributed by atoms with Gasteiger partial charge >= 0.3 is 0 Å². The number of hydrogen-bond donors (Lipinski definition) is 1. The van der Waals surface area contributed by atoms with Gasteiger partial charge in [-0.05, 0) is 30.3 Å². The largest absolute Gasteiger partial charge is 0.306 e. The van der Waals surface area contributed by atoms with Crippen molar-refractivity contribution in [2.75, 3.05) is 5.32 Å². The molecule has 0 fully saturated rings. The lowest BCUT2D eigenvalue weighted by atomic mass is 10.2. The average molecular weight is 265 g/mol. The molecule has 0 radical (unpaired) electrons. The Kier molecular flexibility index (Phi) is 3.20. The van der Waals surface area contributed by atoms with Crippen molar-refractivity contribution in [1.82, 2.24) is 19.5 Å². The maximum atomic E-state index is 12.0. The summed E-state index contributed by atoms with van der Waals surface area (Å²) >= 11 is 0. The number of nitrogens with zero attached hydrogens (tertiary/aromatic N) is 4. The van der Waals surface area contributed by atoms with Crippen LogP contribution in [0.25, 0.3) is 5.69 Å². The third kappa shape index (κ3) is 2.54. The first kappa shape index (κ1) is 12.0. The molecule has 0 unspecified atom stereocenters. The van der Waals surface area contributed by atoms with Crippen LogP contribution in [0.4, 0.5) is 5.82 Å². The Morgan fingerprint density at radius 3 is 2.55 bits per heavy atom. The fraction of sp³-hybridized carbons (Fsp3) is 0. The molecule has 0 saturated carbocycles. The van der Waals surface area contributed by atoms with Crippen molar-refractivity contribution in [3.8, 4) is 5.69 Å². The normalized spacial score (nSPS) is 10.2. The van der Waals surface area contributed by atoms with E-state index in [2.05, 4.69) is 20.3 Å². The topological polar surface area (TPSA) is 72.7 Å². The lowest BCUT2D eigenvalue weighted by molar-refractivity contribution is 0.102. The van der Waals surface area contributed by atoms with Crippen LogP contribution in [0.3, 0.4) is 0 Å². The lowest BCUT2D eigenvalue weighted by Gasteiger charge is -2.05. The van der Waals surface area contributed by atoms with Crippen LogP contribution < -0.4 is 5.32 Å². The lowest BCUT2D eigenvalue weighted by Crippen LogP contribution is -2.12. The van der Waals surface area contributed by atoms with E-state index in [0.717, 1.165) is 5.69 Å². The number of anilines is 1. The van der Waals surface area contributed by atoms with Crippen LogP contribution in [-0.4, -0.2) is 25.4 Å². The van der Waals surface area contributed by atoms with Gasteiger partial charge in [0.15, 0.2) is 0 Å². The molecule has 1 N–H and O–H groups in total. The highest BCUT2D eigenvalue weighted by molar-refractivity contribution is 6.03. The highest BCUT2D eigenvalue weighted by Crippen LogP contribution is 2.10. The number of carbonyl (C=O) groups is 1. The third-order valence-electron chi connectivity index (χ3n) is 2.76. The Bertz CT molecular complexity index is 692. The Labute approximate surface area is 115 Å². The molecule has 0 aliphatic rings. The first-order valence-corrected chi connectivity index (χ1v) is 5.99. The smallest absolute Gasteiger partial charge is 0.256 e. The molecule has 0 saturated heterocycles. The van der Waals surface area contributed by atoms with Crippen LogP contribution in [0, 0.1) is 0 Å². The maximum absolute atomic E-state index is 12.0. The number of rotatable bonds is 3. The minimum atomic E-state index is -0.208. The highest BCUT2D eigenvalue weighted by Gasteiger charge is 2.06. The van der Waals surface area contributed by atoms with Gasteiger partial charge in [0.25, 0.3) is 5.91 Å². The summed E-state index contributed by atoms with van der Waals surface area (Å²) < 4.78 is 1.87. The quantitative estimate of drug-likeness (QED) is 0.785. The van der Waals surface area contributed by atoms with Crippen molar-refractivity contribution in [2.45, 2.75) is 0 Å². The van der Waals surface area contributed by atoms with E-state index in [9.17, 15) is 4.79 Å². The van der Waals surface area contributed by atoms with Crippen LogP contribution in [0.15, 0.2) is 61.6 Å². The number of amides is 1. The molecule has 1 aromatic carbocycles. The molecule has 3 rings (SSSR count). The maximum Gasteiger partial charge on any atom is 0.256 e. The number of imidazole rings is 1. The molecule has 0 spiro atoms. The van der Waals surface area contributed by atoms with E-state index >= 15 is 0 Å². The minimum Gasteiger partial charge on any atom is -0.306 e. The first-order chi connectivity index (χ1) is 9.83. The number of carbonyl (C=O) groups excluding carboxylic acids is 1. The van der Waals surface area contributed by atoms with E-state index in [4.69, 9.17) is 0 Å². The molecule has 6 heteroatoms. The molecule has 6 nitrogen and oxygen atoms in total. The first-order valence-electron chi connectivity index (χ1n) is 5.99. The van der Waals surface area contributed by atoms with E-state index in [1.807, 2.05) is 22.9 Å². The summed E-state index contributed by atoms with van der Waals surface area (Å²) in [6.07, 6.45) is 8.21. The van der Waals surface area contributed by atoms with Crippen molar-refractivity contribution in [3.05, 3.63) is 67.1 Å². The predicted octanol–water partition coefficient (Wildman–Crippen LogP) is 1.91. The standard InChI is InChI=1S/C14H11N5O/c20-14(18-13-5-6-15-9-17-13)11-1-3-12(4-2-11)19-8-7-16-10-19/h1-10H,(H,15,17,18,20). The fourth-order valence-electron chi connectivity index (χ4n) is 1.75. The zero-order chi connectivity index (χ0) is 13.8. The van der Waals surface area contributed by atoms with Gasteiger partial charge in [-0.1, -0.05) is 0 Å². The zero-order valence-electron chi connectivity index (χ0n) is 10.5. The molecule has 3 aromatic rings. The molecule has 1 amide bonds. The second-order valence-electron chi connectivity index (χ2n) is 4.07. The molecule has 0 aliphatic heterocycles. The summed E-state index contributed by atoms with van der Waals surface area (Å²) in [6.45, 7) is 0. The van der Waals surface area contributed by atoms with Crippen LogP contribution >= 0.6 is 0 Å². The summed E-state index contributed by atoms with van der Waals surface area (Å²) in [5, 5.41) is 2.70. The molecule has 0 aliphatic carbocycles. The SMILES string of the molecule is O=C(Nc1ccncn1)c1ccc(-n2ccnc2)cc1. The Hall–Kier alpha value is -3.02. The Balaban J connectivity index is 1.76. The van der Waals surface area contributed by atoms with E-state index in [-0.39, 0.29) is 5.91 Å². The molecule has 20 heavy (non-hydrogen) atoms. The summed E-state index contributed by atoms with van der Waals surface area (Å²) in [6, 6.07) is 8.86. The third-order valence-corrected chi connectivity index (χ3v) is 2.76. The Morgan fingerprint density at radius 2 is 1.90 bits per heavy atom. The van der Waals surface area contributed by atoms with Gasteiger partial charge in [0.05, 0.1) is 6.33 Å². The van der Waals surface area contributed by atoms with E-state index in [0.29, 0.717) is 11.4 Å². The van der Waals surface area contributed by atoms with Gasteiger partial charge in [-0.25, -0.2) is 15.0 Å². The predicted molar refractivity (Wildman–Crippen MR) is 73.5 cm³/mol. The van der Waals surface area contributed by atoms with Crippen molar-refractivity contribution in [2.24, 2.45) is 0 Å². The van der Waals surface area contributed by atoms with Gasteiger partial charge in [0.1, 0.15) is 12.1 Å². The van der Waals surface area contributed by atoms with Gasteiger partial charge in [-0.3, -0.25) is 4.79 Å². The molecular weight excluding hydrogens is 254 g/mol. The number of aromatic nitrogens is 4. The van der Waals surface area contributed by atoms with Crippen LogP contribution in [0.2, 0.25) is 0 Å². The minimum absolute atomic E-state index is 0.208. The van der Waals surface area contributed by atoms with Crippen molar-refractivity contribution >= 4 is 11.7 Å². The second kappa shape index (κ2) is 5.31. The highest BCUT2D eigenvalue weighted by atomic mass is 16.1. The number of hydrogen-bond acceptors (Lipinski definition) is 4. The van der Waals surface area contributed by atoms with Gasteiger partial charge in [-0.2, -0.15) is 0 Å². The monoisotopic (exact) mass is 265 g/mol. The summed E-state index contributed by atoms with van der Waals surface area (Å²) in [4.78, 5) is 23.7. The van der Waals surface area contributed by atoms with Crippen molar-refractivity contribution in [1.29, 1.82) is 0 Å². The van der Waals surface area contributed by atoms with Crippen LogP contribution in [-0.2, 0) is 0 Å². The number of nitrogens with one attached hydrogen (secondary N) is 1. The van der Waals surface area contributed by atoms with E-state index in [1.54, 1.807) is 36.9 Å². The van der Waals surface area contributed by atoms with Gasteiger partial charge in [0, 0.05) is 29.8 Å². The second-order valence-corrected chi connectivity index (χ2v) is 4.07. The van der Waals surface area contributed by atoms with Crippen molar-refractivity contribution in [3.63, 3.8) is 0 Å². The van der Waals surface area contributed by atoms with Crippen LogP contribution in [0.1, 0.15) is 10.4 Å². The molecule has 98 valence electrons. The van der Waals surface area contributed by atoms with Gasteiger partial charge < -0.3 is 9.88 Å². The summed E-state index contributed by atoms with van der Waals surface area (Å²) in [5.41, 5.74) is 1.51. The summed E-state index contributed by atoms with van der Waals surface area (Å²) in [5.74, 6) is 0.268. The number of benzene rings is 1. The molecule has 0 atom stereocenters. The van der Waals surface area contributed by atoms with Gasteiger partial charge in [0.2, 0.25) is 0 Å². The summed E-state index contributed by atoms with van der Waals surface area (Å²) in [7, 11) is 0. The molecule has 2 heterocycles. The Morgan fingerprint density at radius 1 is 1.05 bits per heavy atom. The molecular formula is C14H11N5O. The molecule has 0 bridgehead atoms. The van der Waals surface area contributed by atoms with Crippen molar-refractivity contribution < 1.29 is 4.79 Å². The van der Waals surface area contributed by atoms with Crippen LogP contribution in [0.5, 0.6) is 0 Å². The molecule has 2 aromatic heterocycles. The fourth-order valence-corrected chi connectivity index (χ4v) is 1.75. The zero-order valence-corrected chi connectivity index (χ0v) is 10.5. The average Bonchev–Trinajstić information content (AvgIpc) is 3.03. The van der Waals surface area contributed by atoms with E-state index < -0.39 is 0 Å². The van der Waals surface area contributed by atoms with E-state index in [1.165, 1.54) is 6.33 Å². The van der Waals surface area contributed by atoms with Gasteiger partial charge in [-0.15, -0.1) is 0 Å².